The highest BCUT2D eigenvalue weighted by molar-refractivity contribution is 6.30. The highest BCUT2D eigenvalue weighted by Gasteiger charge is 2.16. The molecule has 0 fully saturated rings. The van der Waals surface area contributed by atoms with Gasteiger partial charge in [0, 0.05) is 18.0 Å². The molecule has 3 N–H and O–H groups in total. The van der Waals surface area contributed by atoms with Gasteiger partial charge in [0.2, 0.25) is 0 Å². The zero-order valence-corrected chi connectivity index (χ0v) is 11.9. The van der Waals surface area contributed by atoms with Gasteiger partial charge in [-0.05, 0) is 37.1 Å². The van der Waals surface area contributed by atoms with Crippen LogP contribution in [0, 0.1) is 6.92 Å². The lowest BCUT2D eigenvalue weighted by Crippen LogP contribution is -2.31. The summed E-state index contributed by atoms with van der Waals surface area (Å²) < 4.78 is 1.87. The Morgan fingerprint density at radius 1 is 1.47 bits per heavy atom. The van der Waals surface area contributed by atoms with Crippen LogP contribution in [-0.4, -0.2) is 14.8 Å². The fourth-order valence-corrected chi connectivity index (χ4v) is 2.41. The molecule has 19 heavy (non-hydrogen) atoms. The SMILES string of the molecule is CCn1ncnc1CC(NN)c1ccc(Cl)cc1C. The molecule has 1 aromatic carbocycles. The van der Waals surface area contributed by atoms with Crippen molar-refractivity contribution >= 4 is 11.6 Å². The van der Waals surface area contributed by atoms with E-state index in [1.807, 2.05) is 36.7 Å². The Labute approximate surface area is 117 Å². The van der Waals surface area contributed by atoms with Gasteiger partial charge in [-0.1, -0.05) is 17.7 Å². The molecule has 0 spiro atoms. The number of hydrazine groups is 1. The highest BCUT2D eigenvalue weighted by Crippen LogP contribution is 2.23. The molecule has 0 saturated heterocycles. The van der Waals surface area contributed by atoms with Crippen LogP contribution in [0.1, 0.15) is 29.9 Å². The summed E-state index contributed by atoms with van der Waals surface area (Å²) in [4.78, 5) is 4.28. The van der Waals surface area contributed by atoms with Crippen molar-refractivity contribution in [1.82, 2.24) is 20.2 Å². The fraction of sp³-hybridized carbons (Fsp3) is 0.385. The maximum absolute atomic E-state index is 5.98. The van der Waals surface area contributed by atoms with Gasteiger partial charge < -0.3 is 0 Å². The first-order valence-electron chi connectivity index (χ1n) is 6.24. The Kier molecular flexibility index (Phi) is 4.52. The molecule has 102 valence electrons. The quantitative estimate of drug-likeness (QED) is 0.649. The van der Waals surface area contributed by atoms with E-state index in [-0.39, 0.29) is 6.04 Å². The Morgan fingerprint density at radius 2 is 2.26 bits per heavy atom. The fourth-order valence-electron chi connectivity index (χ4n) is 2.18. The molecule has 0 aliphatic heterocycles. The standard InChI is InChI=1S/C13H18ClN5/c1-3-19-13(16-8-17-19)7-12(18-15)11-5-4-10(14)6-9(11)2/h4-6,8,12,18H,3,7,15H2,1-2H3. The van der Waals surface area contributed by atoms with E-state index in [4.69, 9.17) is 17.4 Å². The van der Waals surface area contributed by atoms with Crippen molar-refractivity contribution in [2.75, 3.05) is 0 Å². The van der Waals surface area contributed by atoms with E-state index in [0.29, 0.717) is 6.42 Å². The Bertz CT molecular complexity index is 552. The van der Waals surface area contributed by atoms with Gasteiger partial charge >= 0.3 is 0 Å². The lowest BCUT2D eigenvalue weighted by atomic mass is 9.99. The number of hydrogen-bond donors (Lipinski definition) is 2. The number of nitrogens with two attached hydrogens (primary N) is 1. The average molecular weight is 280 g/mol. The molecule has 0 bridgehead atoms. The number of nitrogens with one attached hydrogen (secondary N) is 1. The predicted octanol–water partition coefficient (Wildman–Crippen LogP) is 2.01. The summed E-state index contributed by atoms with van der Waals surface area (Å²) in [5.74, 6) is 6.60. The summed E-state index contributed by atoms with van der Waals surface area (Å²) in [5.41, 5.74) is 5.08. The first-order chi connectivity index (χ1) is 9.15. The predicted molar refractivity (Wildman–Crippen MR) is 75.7 cm³/mol. The van der Waals surface area contributed by atoms with E-state index in [2.05, 4.69) is 15.5 Å². The Balaban J connectivity index is 2.25. The zero-order chi connectivity index (χ0) is 13.8. The van der Waals surface area contributed by atoms with Crippen molar-refractivity contribution in [2.45, 2.75) is 32.9 Å². The molecular weight excluding hydrogens is 262 g/mol. The number of aromatic nitrogens is 3. The van der Waals surface area contributed by atoms with Gasteiger partial charge in [-0.25, -0.2) is 4.98 Å². The zero-order valence-electron chi connectivity index (χ0n) is 11.1. The van der Waals surface area contributed by atoms with Crippen LogP contribution in [-0.2, 0) is 13.0 Å². The van der Waals surface area contributed by atoms with Crippen LogP contribution >= 0.6 is 11.6 Å². The van der Waals surface area contributed by atoms with Crippen molar-refractivity contribution in [3.63, 3.8) is 0 Å². The molecule has 1 unspecified atom stereocenters. The van der Waals surface area contributed by atoms with Crippen molar-refractivity contribution in [1.29, 1.82) is 0 Å². The van der Waals surface area contributed by atoms with Crippen LogP contribution in [0.25, 0.3) is 0 Å². The van der Waals surface area contributed by atoms with Gasteiger partial charge in [0.1, 0.15) is 12.2 Å². The van der Waals surface area contributed by atoms with Crippen LogP contribution in [0.3, 0.4) is 0 Å². The third-order valence-electron chi connectivity index (χ3n) is 3.19. The third kappa shape index (κ3) is 3.12. The molecule has 0 radical (unpaired) electrons. The maximum Gasteiger partial charge on any atom is 0.138 e. The second-order valence-corrected chi connectivity index (χ2v) is 4.85. The van der Waals surface area contributed by atoms with Crippen molar-refractivity contribution < 1.29 is 0 Å². The smallest absolute Gasteiger partial charge is 0.138 e. The molecular formula is C13H18ClN5. The van der Waals surface area contributed by atoms with E-state index in [0.717, 1.165) is 28.5 Å². The second-order valence-electron chi connectivity index (χ2n) is 4.42. The normalized spacial score (nSPS) is 12.6. The monoisotopic (exact) mass is 279 g/mol. The van der Waals surface area contributed by atoms with Gasteiger partial charge in [0.25, 0.3) is 0 Å². The molecule has 0 aliphatic rings. The Morgan fingerprint density at radius 3 is 2.89 bits per heavy atom. The summed E-state index contributed by atoms with van der Waals surface area (Å²) in [6.45, 7) is 4.86. The minimum Gasteiger partial charge on any atom is -0.271 e. The summed E-state index contributed by atoms with van der Waals surface area (Å²) in [7, 11) is 0. The lowest BCUT2D eigenvalue weighted by molar-refractivity contribution is 0.508. The van der Waals surface area contributed by atoms with Crippen LogP contribution in [0.15, 0.2) is 24.5 Å². The largest absolute Gasteiger partial charge is 0.271 e. The number of hydrogen-bond acceptors (Lipinski definition) is 4. The van der Waals surface area contributed by atoms with E-state index < -0.39 is 0 Å². The minimum absolute atomic E-state index is 0.00762. The van der Waals surface area contributed by atoms with Gasteiger partial charge in [-0.2, -0.15) is 5.10 Å². The van der Waals surface area contributed by atoms with Crippen LogP contribution in [0.5, 0.6) is 0 Å². The molecule has 1 heterocycles. The van der Waals surface area contributed by atoms with Crippen LogP contribution in [0.4, 0.5) is 0 Å². The first-order valence-corrected chi connectivity index (χ1v) is 6.62. The summed E-state index contributed by atoms with van der Waals surface area (Å²) in [6.07, 6.45) is 2.26. The van der Waals surface area contributed by atoms with E-state index in [1.54, 1.807) is 6.33 Å². The molecule has 2 rings (SSSR count). The van der Waals surface area contributed by atoms with Crippen molar-refractivity contribution in [3.05, 3.63) is 46.5 Å². The van der Waals surface area contributed by atoms with Crippen molar-refractivity contribution in [3.8, 4) is 0 Å². The molecule has 2 aromatic rings. The van der Waals surface area contributed by atoms with Crippen LogP contribution in [0.2, 0.25) is 5.02 Å². The van der Waals surface area contributed by atoms with Gasteiger partial charge in [0.15, 0.2) is 0 Å². The second kappa shape index (κ2) is 6.14. The van der Waals surface area contributed by atoms with Crippen LogP contribution < -0.4 is 11.3 Å². The minimum atomic E-state index is -0.00762. The molecule has 0 aliphatic carbocycles. The summed E-state index contributed by atoms with van der Waals surface area (Å²) >= 11 is 5.98. The maximum atomic E-state index is 5.98. The Hall–Kier alpha value is -1.43. The van der Waals surface area contributed by atoms with E-state index in [1.165, 1.54) is 0 Å². The summed E-state index contributed by atoms with van der Waals surface area (Å²) in [5, 5.41) is 4.90. The molecule has 1 atom stereocenters. The molecule has 6 heteroatoms. The highest BCUT2D eigenvalue weighted by atomic mass is 35.5. The lowest BCUT2D eigenvalue weighted by Gasteiger charge is -2.18. The summed E-state index contributed by atoms with van der Waals surface area (Å²) in [6, 6.07) is 5.80. The number of benzene rings is 1. The third-order valence-corrected chi connectivity index (χ3v) is 3.43. The number of rotatable bonds is 5. The topological polar surface area (TPSA) is 68.8 Å². The number of nitrogens with zero attached hydrogens (tertiary/aromatic N) is 3. The average Bonchev–Trinajstić information content (AvgIpc) is 2.84. The number of halogens is 1. The van der Waals surface area contributed by atoms with Gasteiger partial charge in [-0.3, -0.25) is 16.0 Å². The van der Waals surface area contributed by atoms with Gasteiger partial charge in [-0.15, -0.1) is 0 Å². The molecule has 0 saturated carbocycles. The first kappa shape index (κ1) is 14.0. The molecule has 0 amide bonds. The number of aryl methyl sites for hydroxylation is 2. The van der Waals surface area contributed by atoms with Gasteiger partial charge in [0.05, 0.1) is 6.04 Å². The molecule has 5 nitrogen and oxygen atoms in total. The van der Waals surface area contributed by atoms with E-state index in [9.17, 15) is 0 Å². The van der Waals surface area contributed by atoms with E-state index >= 15 is 0 Å². The van der Waals surface area contributed by atoms with Crippen molar-refractivity contribution in [2.24, 2.45) is 5.84 Å². The molecule has 1 aromatic heterocycles.